The van der Waals surface area contributed by atoms with Crippen molar-refractivity contribution in [2.75, 3.05) is 6.54 Å². The van der Waals surface area contributed by atoms with Crippen LogP contribution in [0.25, 0.3) is 0 Å². The first kappa shape index (κ1) is 15.5. The van der Waals surface area contributed by atoms with E-state index >= 15 is 0 Å². The van der Waals surface area contributed by atoms with Crippen LogP contribution in [0.3, 0.4) is 0 Å². The predicted molar refractivity (Wildman–Crippen MR) is 83.1 cm³/mol. The summed E-state index contributed by atoms with van der Waals surface area (Å²) in [6.07, 6.45) is 6.99. The zero-order chi connectivity index (χ0) is 15.1. The molecule has 2 rings (SSSR count). The number of amides is 2. The Balaban J connectivity index is 1.76. The molecule has 0 atom stereocenters. The van der Waals surface area contributed by atoms with E-state index in [0.29, 0.717) is 5.56 Å². The van der Waals surface area contributed by atoms with Gasteiger partial charge in [0, 0.05) is 11.6 Å². The quantitative estimate of drug-likeness (QED) is 0.837. The Labute approximate surface area is 126 Å². The molecular weight excluding hydrogens is 264 g/mol. The summed E-state index contributed by atoms with van der Waals surface area (Å²) in [4.78, 5) is 23.9. The fraction of sp³-hybridized carbons (Fsp3) is 0.529. The molecule has 0 bridgehead atoms. The second-order valence-electron chi connectivity index (χ2n) is 5.81. The van der Waals surface area contributed by atoms with Gasteiger partial charge in [0.25, 0.3) is 5.91 Å². The minimum Gasteiger partial charge on any atom is -0.352 e. The summed E-state index contributed by atoms with van der Waals surface area (Å²) in [7, 11) is 0. The number of carbonyl (C=O) groups is 2. The lowest BCUT2D eigenvalue weighted by molar-refractivity contribution is -0.120. The minimum absolute atomic E-state index is 0.0449. The summed E-state index contributed by atoms with van der Waals surface area (Å²) in [6, 6.07) is 7.63. The lowest BCUT2D eigenvalue weighted by Crippen LogP contribution is -2.41. The monoisotopic (exact) mass is 288 g/mol. The van der Waals surface area contributed by atoms with Crippen molar-refractivity contribution in [1.82, 2.24) is 10.6 Å². The lowest BCUT2D eigenvalue weighted by atomic mass is 10.1. The van der Waals surface area contributed by atoms with Crippen molar-refractivity contribution < 1.29 is 9.59 Å². The maximum atomic E-state index is 12.0. The van der Waals surface area contributed by atoms with E-state index < -0.39 is 0 Å². The Hall–Kier alpha value is -1.84. The third-order valence-electron chi connectivity index (χ3n) is 3.91. The Morgan fingerprint density at radius 1 is 1.14 bits per heavy atom. The van der Waals surface area contributed by atoms with E-state index in [1.54, 1.807) is 6.07 Å². The molecule has 0 spiro atoms. The first-order valence-electron chi connectivity index (χ1n) is 7.79. The third kappa shape index (κ3) is 5.21. The van der Waals surface area contributed by atoms with Crippen molar-refractivity contribution >= 4 is 11.8 Å². The van der Waals surface area contributed by atoms with Gasteiger partial charge in [-0.3, -0.25) is 9.59 Å². The van der Waals surface area contributed by atoms with Crippen LogP contribution >= 0.6 is 0 Å². The molecular formula is C17H24N2O2. The lowest BCUT2D eigenvalue weighted by Gasteiger charge is -2.16. The van der Waals surface area contributed by atoms with E-state index in [-0.39, 0.29) is 24.4 Å². The highest BCUT2D eigenvalue weighted by molar-refractivity contribution is 5.96. The largest absolute Gasteiger partial charge is 0.352 e. The van der Waals surface area contributed by atoms with Crippen molar-refractivity contribution in [2.24, 2.45) is 0 Å². The molecule has 4 nitrogen and oxygen atoms in total. The maximum Gasteiger partial charge on any atom is 0.251 e. The van der Waals surface area contributed by atoms with Crippen molar-refractivity contribution in [3.8, 4) is 0 Å². The molecule has 2 N–H and O–H groups in total. The van der Waals surface area contributed by atoms with Crippen molar-refractivity contribution in [3.63, 3.8) is 0 Å². The molecule has 1 aromatic rings. The van der Waals surface area contributed by atoms with Gasteiger partial charge >= 0.3 is 0 Å². The zero-order valence-electron chi connectivity index (χ0n) is 12.7. The molecule has 0 saturated heterocycles. The van der Waals surface area contributed by atoms with Gasteiger partial charge in [0.05, 0.1) is 6.54 Å². The second-order valence-corrected chi connectivity index (χ2v) is 5.81. The molecule has 1 aromatic carbocycles. The molecule has 2 amide bonds. The van der Waals surface area contributed by atoms with Gasteiger partial charge < -0.3 is 10.6 Å². The third-order valence-corrected chi connectivity index (χ3v) is 3.91. The predicted octanol–water partition coefficient (Wildman–Crippen LogP) is 2.56. The summed E-state index contributed by atoms with van der Waals surface area (Å²) in [6.45, 7) is 1.98. The Morgan fingerprint density at radius 3 is 2.52 bits per heavy atom. The number of aryl methyl sites for hydroxylation is 1. The summed E-state index contributed by atoms with van der Waals surface area (Å²) in [5.74, 6) is -0.294. The van der Waals surface area contributed by atoms with Crippen LogP contribution in [0.2, 0.25) is 0 Å². The highest BCUT2D eigenvalue weighted by Gasteiger charge is 2.15. The highest BCUT2D eigenvalue weighted by atomic mass is 16.2. The van der Waals surface area contributed by atoms with Gasteiger partial charge in [-0.2, -0.15) is 0 Å². The average molecular weight is 288 g/mol. The Bertz CT molecular complexity index is 491. The minimum atomic E-state index is -0.199. The topological polar surface area (TPSA) is 58.2 Å². The van der Waals surface area contributed by atoms with Gasteiger partial charge in [-0.05, 0) is 31.9 Å². The van der Waals surface area contributed by atoms with Crippen LogP contribution in [0.5, 0.6) is 0 Å². The van der Waals surface area contributed by atoms with Crippen LogP contribution in [0.15, 0.2) is 24.3 Å². The summed E-state index contributed by atoms with van der Waals surface area (Å²) in [5.41, 5.74) is 1.63. The van der Waals surface area contributed by atoms with Crippen LogP contribution in [0.1, 0.15) is 54.4 Å². The molecule has 1 aliphatic rings. The van der Waals surface area contributed by atoms with Crippen molar-refractivity contribution in [1.29, 1.82) is 0 Å². The van der Waals surface area contributed by atoms with Gasteiger partial charge in [-0.15, -0.1) is 0 Å². The summed E-state index contributed by atoms with van der Waals surface area (Å²) >= 11 is 0. The first-order valence-corrected chi connectivity index (χ1v) is 7.79. The van der Waals surface area contributed by atoms with Gasteiger partial charge in [0.1, 0.15) is 0 Å². The van der Waals surface area contributed by atoms with Gasteiger partial charge in [0.2, 0.25) is 5.91 Å². The highest BCUT2D eigenvalue weighted by Crippen LogP contribution is 2.16. The molecule has 0 unspecified atom stereocenters. The SMILES string of the molecule is Cc1cccc(C(=O)NCC(=O)NC2CCCCCC2)c1. The fourth-order valence-corrected chi connectivity index (χ4v) is 2.75. The molecule has 0 heterocycles. The van der Waals surface area contributed by atoms with Crippen LogP contribution < -0.4 is 10.6 Å². The van der Waals surface area contributed by atoms with E-state index in [4.69, 9.17) is 0 Å². The average Bonchev–Trinajstić information content (AvgIpc) is 2.73. The van der Waals surface area contributed by atoms with E-state index in [1.807, 2.05) is 25.1 Å². The van der Waals surface area contributed by atoms with Crippen LogP contribution in [-0.2, 0) is 4.79 Å². The van der Waals surface area contributed by atoms with Crippen LogP contribution in [-0.4, -0.2) is 24.4 Å². The smallest absolute Gasteiger partial charge is 0.251 e. The molecule has 1 fully saturated rings. The zero-order valence-corrected chi connectivity index (χ0v) is 12.7. The molecule has 4 heteroatoms. The van der Waals surface area contributed by atoms with E-state index in [2.05, 4.69) is 10.6 Å². The van der Waals surface area contributed by atoms with Gasteiger partial charge in [0.15, 0.2) is 0 Å². The fourth-order valence-electron chi connectivity index (χ4n) is 2.75. The normalized spacial score (nSPS) is 16.0. The molecule has 1 aliphatic carbocycles. The van der Waals surface area contributed by atoms with E-state index in [1.165, 1.54) is 25.7 Å². The number of hydrogen-bond acceptors (Lipinski definition) is 2. The maximum absolute atomic E-state index is 12.0. The Morgan fingerprint density at radius 2 is 1.86 bits per heavy atom. The number of hydrogen-bond donors (Lipinski definition) is 2. The van der Waals surface area contributed by atoms with E-state index in [9.17, 15) is 9.59 Å². The number of benzene rings is 1. The number of carbonyl (C=O) groups excluding carboxylic acids is 2. The van der Waals surface area contributed by atoms with Crippen LogP contribution in [0, 0.1) is 6.92 Å². The molecule has 1 saturated carbocycles. The molecule has 0 radical (unpaired) electrons. The first-order chi connectivity index (χ1) is 10.1. The number of nitrogens with one attached hydrogen (secondary N) is 2. The van der Waals surface area contributed by atoms with Gasteiger partial charge in [-0.1, -0.05) is 43.4 Å². The second kappa shape index (κ2) is 7.81. The molecule has 114 valence electrons. The Kier molecular flexibility index (Phi) is 5.78. The van der Waals surface area contributed by atoms with Crippen molar-refractivity contribution in [3.05, 3.63) is 35.4 Å². The van der Waals surface area contributed by atoms with Crippen LogP contribution in [0.4, 0.5) is 0 Å². The standard InChI is InChI=1S/C17H24N2O2/c1-13-7-6-8-14(11-13)17(21)18-12-16(20)19-15-9-4-2-3-5-10-15/h6-8,11,15H,2-5,9-10,12H2,1H3,(H,18,21)(H,19,20). The van der Waals surface area contributed by atoms with Gasteiger partial charge in [-0.25, -0.2) is 0 Å². The summed E-state index contributed by atoms with van der Waals surface area (Å²) in [5, 5.41) is 5.70. The van der Waals surface area contributed by atoms with Crippen molar-refractivity contribution in [2.45, 2.75) is 51.5 Å². The van der Waals surface area contributed by atoms with E-state index in [0.717, 1.165) is 18.4 Å². The molecule has 21 heavy (non-hydrogen) atoms. The number of rotatable bonds is 4. The molecule has 0 aliphatic heterocycles. The summed E-state index contributed by atoms with van der Waals surface area (Å²) < 4.78 is 0. The molecule has 0 aromatic heterocycles.